The highest BCUT2D eigenvalue weighted by Gasteiger charge is 2.15. The van der Waals surface area contributed by atoms with E-state index < -0.39 is 6.10 Å². The average molecular weight is 388 g/mol. The third kappa shape index (κ3) is 3.44. The maximum absolute atomic E-state index is 13.7. The zero-order chi connectivity index (χ0) is 14.0. The van der Waals surface area contributed by atoms with Gasteiger partial charge in [0.25, 0.3) is 0 Å². The van der Waals surface area contributed by atoms with Crippen molar-refractivity contribution in [1.82, 2.24) is 0 Å². The topological polar surface area (TPSA) is 20.2 Å². The van der Waals surface area contributed by atoms with Crippen molar-refractivity contribution in [2.45, 2.75) is 19.4 Å². The van der Waals surface area contributed by atoms with Gasteiger partial charge in [0.05, 0.1) is 6.10 Å². The van der Waals surface area contributed by atoms with Crippen LogP contribution in [0.1, 0.15) is 22.8 Å². The monoisotopic (exact) mass is 386 g/mol. The second-order valence-electron chi connectivity index (χ2n) is 4.41. The summed E-state index contributed by atoms with van der Waals surface area (Å²) in [6, 6.07) is 10.4. The molecule has 1 nitrogen and oxygen atoms in total. The molecule has 1 unspecified atom stereocenters. The molecule has 19 heavy (non-hydrogen) atoms. The molecule has 2 rings (SSSR count). The lowest BCUT2D eigenvalue weighted by atomic mass is 9.97. The van der Waals surface area contributed by atoms with Gasteiger partial charge in [-0.2, -0.15) is 0 Å². The van der Waals surface area contributed by atoms with Gasteiger partial charge in [-0.15, -0.1) is 0 Å². The summed E-state index contributed by atoms with van der Waals surface area (Å²) < 4.78 is 15.4. The molecule has 0 fully saturated rings. The van der Waals surface area contributed by atoms with Crippen LogP contribution in [0.5, 0.6) is 0 Å². The van der Waals surface area contributed by atoms with Crippen LogP contribution in [0.4, 0.5) is 4.39 Å². The van der Waals surface area contributed by atoms with Crippen molar-refractivity contribution in [3.05, 3.63) is 67.9 Å². The lowest BCUT2D eigenvalue weighted by Gasteiger charge is -2.15. The Balaban J connectivity index is 2.28. The predicted octanol–water partition coefficient (Wildman–Crippen LogP) is 4.94. The SMILES string of the molecule is Cc1c(Br)cccc1C(O)Cc1cc(Br)ccc1F. The van der Waals surface area contributed by atoms with Crippen LogP contribution in [0.25, 0.3) is 0 Å². The number of benzene rings is 2. The number of aliphatic hydroxyl groups excluding tert-OH is 1. The molecule has 1 N–H and O–H groups in total. The van der Waals surface area contributed by atoms with Gasteiger partial charge in [0, 0.05) is 15.4 Å². The van der Waals surface area contributed by atoms with Crippen molar-refractivity contribution >= 4 is 31.9 Å². The van der Waals surface area contributed by atoms with E-state index in [0.29, 0.717) is 5.56 Å². The predicted molar refractivity (Wildman–Crippen MR) is 81.6 cm³/mol. The van der Waals surface area contributed by atoms with Crippen molar-refractivity contribution in [2.24, 2.45) is 0 Å². The highest BCUT2D eigenvalue weighted by Crippen LogP contribution is 2.28. The molecule has 0 heterocycles. The maximum Gasteiger partial charge on any atom is 0.126 e. The Morgan fingerprint density at radius 2 is 1.95 bits per heavy atom. The van der Waals surface area contributed by atoms with E-state index in [0.717, 1.165) is 20.1 Å². The summed E-state index contributed by atoms with van der Waals surface area (Å²) in [6.07, 6.45) is -0.468. The fraction of sp³-hybridized carbons (Fsp3) is 0.200. The highest BCUT2D eigenvalue weighted by atomic mass is 79.9. The molecule has 0 aliphatic carbocycles. The van der Waals surface area contributed by atoms with Gasteiger partial charge in [-0.05, 0) is 47.9 Å². The quantitative estimate of drug-likeness (QED) is 0.791. The fourth-order valence-electron chi connectivity index (χ4n) is 2.00. The standard InChI is InChI=1S/C15H13Br2FO/c1-9-12(3-2-4-13(9)17)15(19)8-10-7-11(16)5-6-14(10)18/h2-7,15,19H,8H2,1H3. The van der Waals surface area contributed by atoms with E-state index in [1.165, 1.54) is 6.07 Å². The second-order valence-corrected chi connectivity index (χ2v) is 6.18. The van der Waals surface area contributed by atoms with Crippen LogP contribution in [0.3, 0.4) is 0 Å². The van der Waals surface area contributed by atoms with E-state index in [2.05, 4.69) is 31.9 Å². The molecule has 0 saturated carbocycles. The Morgan fingerprint density at radius 1 is 1.21 bits per heavy atom. The molecule has 0 spiro atoms. The van der Waals surface area contributed by atoms with Crippen molar-refractivity contribution in [2.75, 3.05) is 0 Å². The number of rotatable bonds is 3. The van der Waals surface area contributed by atoms with Crippen molar-refractivity contribution in [3.8, 4) is 0 Å². The van der Waals surface area contributed by atoms with Crippen LogP contribution in [-0.4, -0.2) is 5.11 Å². The highest BCUT2D eigenvalue weighted by molar-refractivity contribution is 9.10. The van der Waals surface area contributed by atoms with Gasteiger partial charge in [-0.25, -0.2) is 4.39 Å². The van der Waals surface area contributed by atoms with E-state index in [1.54, 1.807) is 12.1 Å². The van der Waals surface area contributed by atoms with Gasteiger partial charge in [-0.3, -0.25) is 0 Å². The van der Waals surface area contributed by atoms with E-state index in [-0.39, 0.29) is 12.2 Å². The first kappa shape index (κ1) is 14.7. The van der Waals surface area contributed by atoms with E-state index in [4.69, 9.17) is 0 Å². The van der Waals surface area contributed by atoms with E-state index in [1.807, 2.05) is 25.1 Å². The second kappa shape index (κ2) is 6.16. The Bertz CT molecular complexity index is 599. The minimum Gasteiger partial charge on any atom is -0.388 e. The zero-order valence-electron chi connectivity index (χ0n) is 10.3. The Morgan fingerprint density at radius 3 is 2.68 bits per heavy atom. The average Bonchev–Trinajstić information content (AvgIpc) is 2.37. The molecule has 0 aromatic heterocycles. The van der Waals surface area contributed by atoms with Gasteiger partial charge in [0.15, 0.2) is 0 Å². The Kier molecular flexibility index (Phi) is 4.76. The molecule has 2 aromatic rings. The zero-order valence-corrected chi connectivity index (χ0v) is 13.5. The third-order valence-corrected chi connectivity index (χ3v) is 4.44. The maximum atomic E-state index is 13.7. The van der Waals surface area contributed by atoms with Crippen LogP contribution in [0, 0.1) is 12.7 Å². The first-order valence-corrected chi connectivity index (χ1v) is 7.44. The molecule has 100 valence electrons. The summed E-state index contributed by atoms with van der Waals surface area (Å²) >= 11 is 6.75. The van der Waals surface area contributed by atoms with E-state index in [9.17, 15) is 9.50 Å². The van der Waals surface area contributed by atoms with Crippen LogP contribution in [0.15, 0.2) is 45.3 Å². The van der Waals surface area contributed by atoms with Crippen LogP contribution >= 0.6 is 31.9 Å². The molecule has 0 aliphatic rings. The van der Waals surface area contributed by atoms with Crippen molar-refractivity contribution < 1.29 is 9.50 Å². The summed E-state index contributed by atoms with van der Waals surface area (Å²) in [7, 11) is 0. The van der Waals surface area contributed by atoms with E-state index >= 15 is 0 Å². The normalized spacial score (nSPS) is 12.5. The lowest BCUT2D eigenvalue weighted by molar-refractivity contribution is 0.176. The number of aliphatic hydroxyl groups is 1. The summed E-state index contributed by atoms with van der Waals surface area (Å²) in [4.78, 5) is 0. The Labute approximate surface area is 128 Å². The van der Waals surface area contributed by atoms with Gasteiger partial charge in [0.1, 0.15) is 5.82 Å². The molecule has 4 heteroatoms. The molecular weight excluding hydrogens is 375 g/mol. The smallest absolute Gasteiger partial charge is 0.126 e. The van der Waals surface area contributed by atoms with Crippen LogP contribution in [-0.2, 0) is 6.42 Å². The number of hydrogen-bond acceptors (Lipinski definition) is 1. The van der Waals surface area contributed by atoms with Gasteiger partial charge in [0.2, 0.25) is 0 Å². The molecule has 0 amide bonds. The molecule has 0 radical (unpaired) electrons. The first-order chi connectivity index (χ1) is 8.99. The molecule has 0 bridgehead atoms. The van der Waals surface area contributed by atoms with Gasteiger partial charge >= 0.3 is 0 Å². The van der Waals surface area contributed by atoms with Crippen molar-refractivity contribution in [3.63, 3.8) is 0 Å². The molecular formula is C15H13Br2FO. The molecule has 1 atom stereocenters. The fourth-order valence-corrected chi connectivity index (χ4v) is 2.79. The summed E-state index contributed by atoms with van der Waals surface area (Å²) in [6.45, 7) is 1.93. The molecule has 2 aromatic carbocycles. The van der Waals surface area contributed by atoms with Crippen LogP contribution < -0.4 is 0 Å². The summed E-state index contributed by atoms with van der Waals surface area (Å²) in [5.41, 5.74) is 2.29. The molecule has 0 aliphatic heterocycles. The van der Waals surface area contributed by atoms with Crippen molar-refractivity contribution in [1.29, 1.82) is 0 Å². The summed E-state index contributed by atoms with van der Waals surface area (Å²) in [5, 5.41) is 10.3. The lowest BCUT2D eigenvalue weighted by Crippen LogP contribution is -2.05. The first-order valence-electron chi connectivity index (χ1n) is 5.86. The minimum absolute atomic E-state index is 0.253. The largest absolute Gasteiger partial charge is 0.388 e. The summed E-state index contributed by atoms with van der Waals surface area (Å²) in [5.74, 6) is -0.296. The third-order valence-electron chi connectivity index (χ3n) is 3.09. The number of halogens is 3. The molecule has 0 saturated heterocycles. The van der Waals surface area contributed by atoms with Crippen LogP contribution in [0.2, 0.25) is 0 Å². The Hall–Kier alpha value is -0.710. The van der Waals surface area contributed by atoms with Gasteiger partial charge in [-0.1, -0.05) is 44.0 Å². The van der Waals surface area contributed by atoms with Gasteiger partial charge < -0.3 is 5.11 Å². The minimum atomic E-state index is -0.721. The number of hydrogen-bond donors (Lipinski definition) is 1.